The smallest absolute Gasteiger partial charge is 0.120 e. The molecule has 41 heavy (non-hydrogen) atoms. The van der Waals surface area contributed by atoms with Gasteiger partial charge in [0.15, 0.2) is 0 Å². The Labute approximate surface area is 253 Å². The maximum absolute atomic E-state index is 5.89. The predicted octanol–water partition coefficient (Wildman–Crippen LogP) is 8.98. The van der Waals surface area contributed by atoms with E-state index in [2.05, 4.69) is 58.3 Å². The minimum atomic E-state index is 0.738. The highest BCUT2D eigenvalue weighted by Gasteiger charge is 2.11. The topological polar surface area (TPSA) is 24.9 Å². The van der Waals surface area contributed by atoms with E-state index in [1.54, 1.807) is 0 Å². The van der Waals surface area contributed by atoms with Crippen molar-refractivity contribution in [3.05, 3.63) is 83.9 Å². The quantitative estimate of drug-likeness (QED) is 0.169. The Hall–Kier alpha value is -2.53. The molecule has 0 aromatic heterocycles. The minimum Gasteiger partial charge on any atom is -0.494 e. The average Bonchev–Trinajstić information content (AvgIpc) is 3.73. The first kappa shape index (κ1) is 31.4. The summed E-state index contributed by atoms with van der Waals surface area (Å²) in [7, 11) is 0. The largest absolute Gasteiger partial charge is 0.494 e. The fourth-order valence-electron chi connectivity index (χ4n) is 5.55. The number of benzene rings is 3. The lowest BCUT2D eigenvalue weighted by molar-refractivity contribution is 0.290. The molecular formula is C36H49ClN2O2. The lowest BCUT2D eigenvalue weighted by atomic mass is 10.1. The van der Waals surface area contributed by atoms with Crippen LogP contribution in [0.1, 0.15) is 64.2 Å². The van der Waals surface area contributed by atoms with Gasteiger partial charge in [-0.15, -0.1) is 0 Å². The Morgan fingerprint density at radius 2 is 1.05 bits per heavy atom. The first-order valence-corrected chi connectivity index (χ1v) is 16.3. The molecular weight excluding hydrogens is 528 g/mol. The van der Waals surface area contributed by atoms with Gasteiger partial charge in [-0.25, -0.2) is 0 Å². The maximum Gasteiger partial charge on any atom is 0.120 e. The van der Waals surface area contributed by atoms with E-state index in [9.17, 15) is 0 Å². The van der Waals surface area contributed by atoms with E-state index in [0.717, 1.165) is 42.6 Å². The van der Waals surface area contributed by atoms with Crippen molar-refractivity contribution in [1.82, 2.24) is 9.80 Å². The summed E-state index contributed by atoms with van der Waals surface area (Å²) < 4.78 is 11.5. The molecule has 0 radical (unpaired) electrons. The minimum absolute atomic E-state index is 0.738. The highest BCUT2D eigenvalue weighted by atomic mass is 35.5. The van der Waals surface area contributed by atoms with Crippen LogP contribution in [0.15, 0.2) is 78.9 Å². The van der Waals surface area contributed by atoms with Crippen molar-refractivity contribution < 1.29 is 9.47 Å². The van der Waals surface area contributed by atoms with E-state index in [4.69, 9.17) is 21.1 Å². The molecule has 5 rings (SSSR count). The molecule has 0 unspecified atom stereocenters. The third kappa shape index (κ3) is 12.5. The van der Waals surface area contributed by atoms with Gasteiger partial charge < -0.3 is 19.3 Å². The zero-order valence-corrected chi connectivity index (χ0v) is 25.6. The SMILES string of the molecule is Clc1cccc(OCCCCCN2CCCC2)c1.c1ccc(-c2ccc(OCCCCCN3CCCC3)cc2)cc1. The summed E-state index contributed by atoms with van der Waals surface area (Å²) in [6, 6.07) is 26.5. The molecule has 3 aromatic rings. The second-order valence-corrected chi connectivity index (χ2v) is 11.7. The van der Waals surface area contributed by atoms with Crippen molar-refractivity contribution >= 4 is 11.6 Å². The van der Waals surface area contributed by atoms with Crippen molar-refractivity contribution in [2.45, 2.75) is 64.2 Å². The van der Waals surface area contributed by atoms with Gasteiger partial charge in [0.05, 0.1) is 13.2 Å². The zero-order valence-electron chi connectivity index (χ0n) is 24.8. The molecule has 2 fully saturated rings. The van der Waals surface area contributed by atoms with Crippen LogP contribution >= 0.6 is 11.6 Å². The Bertz CT molecular complexity index is 1080. The van der Waals surface area contributed by atoms with Crippen LogP contribution in [-0.4, -0.2) is 62.3 Å². The van der Waals surface area contributed by atoms with Gasteiger partial charge in [0, 0.05) is 5.02 Å². The van der Waals surface area contributed by atoms with Crippen LogP contribution in [0.2, 0.25) is 5.02 Å². The molecule has 0 aliphatic carbocycles. The molecule has 2 aliphatic rings. The monoisotopic (exact) mass is 576 g/mol. The summed E-state index contributed by atoms with van der Waals surface area (Å²) in [5.74, 6) is 1.85. The number of likely N-dealkylation sites (tertiary alicyclic amines) is 2. The normalized spacial score (nSPS) is 15.4. The Balaban J connectivity index is 0.000000195. The number of unbranched alkanes of at least 4 members (excludes halogenated alkanes) is 4. The average molecular weight is 577 g/mol. The van der Waals surface area contributed by atoms with Crippen LogP contribution in [0.5, 0.6) is 11.5 Å². The van der Waals surface area contributed by atoms with Crippen LogP contribution in [0.4, 0.5) is 0 Å². The molecule has 5 heteroatoms. The van der Waals surface area contributed by atoms with E-state index in [1.165, 1.54) is 102 Å². The van der Waals surface area contributed by atoms with Crippen LogP contribution < -0.4 is 9.47 Å². The summed E-state index contributed by atoms with van der Waals surface area (Å²) in [6.07, 6.45) is 12.9. The van der Waals surface area contributed by atoms with Gasteiger partial charge in [0.1, 0.15) is 11.5 Å². The fourth-order valence-corrected chi connectivity index (χ4v) is 5.73. The second kappa shape index (κ2) is 18.8. The van der Waals surface area contributed by atoms with Crippen LogP contribution in [0, 0.1) is 0 Å². The summed E-state index contributed by atoms with van der Waals surface area (Å²) in [4.78, 5) is 5.15. The molecule has 0 amide bonds. The van der Waals surface area contributed by atoms with E-state index in [1.807, 2.05) is 30.3 Å². The molecule has 3 aromatic carbocycles. The Morgan fingerprint density at radius 3 is 1.61 bits per heavy atom. The van der Waals surface area contributed by atoms with Crippen molar-refractivity contribution in [2.75, 3.05) is 52.5 Å². The van der Waals surface area contributed by atoms with Crippen molar-refractivity contribution in [3.63, 3.8) is 0 Å². The molecule has 4 nitrogen and oxygen atoms in total. The molecule has 0 N–H and O–H groups in total. The Morgan fingerprint density at radius 1 is 0.512 bits per heavy atom. The summed E-state index contributed by atoms with van der Waals surface area (Å²) in [5.41, 5.74) is 2.49. The second-order valence-electron chi connectivity index (χ2n) is 11.3. The standard InChI is InChI=1S/C21H27NO.C15H22ClNO/c1-3-9-19(10-4-1)20-11-13-21(14-12-20)23-18-8-2-5-15-22-16-6-7-17-22;16-14-7-6-8-15(13-14)18-12-5-1-2-9-17-10-3-4-11-17/h1,3-4,9-14H,2,5-8,15-18H2;6-8,13H,1-5,9-12H2. The number of ether oxygens (including phenoxy) is 2. The third-order valence-electron chi connectivity index (χ3n) is 7.93. The molecule has 222 valence electrons. The number of halogens is 1. The number of hydrogen-bond donors (Lipinski definition) is 0. The van der Waals surface area contributed by atoms with Crippen LogP contribution in [0.25, 0.3) is 11.1 Å². The lowest BCUT2D eigenvalue weighted by Gasteiger charge is -2.14. The van der Waals surface area contributed by atoms with E-state index < -0.39 is 0 Å². The maximum atomic E-state index is 5.89. The van der Waals surface area contributed by atoms with Crippen molar-refractivity contribution in [3.8, 4) is 22.6 Å². The molecule has 0 saturated carbocycles. The van der Waals surface area contributed by atoms with Crippen molar-refractivity contribution in [1.29, 1.82) is 0 Å². The number of hydrogen-bond acceptors (Lipinski definition) is 4. The molecule has 2 heterocycles. The van der Waals surface area contributed by atoms with Crippen LogP contribution in [0.3, 0.4) is 0 Å². The summed E-state index contributed by atoms with van der Waals surface area (Å²) in [6.45, 7) is 9.38. The molecule has 0 bridgehead atoms. The van der Waals surface area contributed by atoms with E-state index >= 15 is 0 Å². The van der Waals surface area contributed by atoms with Gasteiger partial charge in [-0.05, 0) is 145 Å². The van der Waals surface area contributed by atoms with Crippen LogP contribution in [-0.2, 0) is 0 Å². The first-order chi connectivity index (χ1) is 20.3. The van der Waals surface area contributed by atoms with Gasteiger partial charge >= 0.3 is 0 Å². The van der Waals surface area contributed by atoms with Gasteiger partial charge in [-0.2, -0.15) is 0 Å². The van der Waals surface area contributed by atoms with E-state index in [0.29, 0.717) is 0 Å². The van der Waals surface area contributed by atoms with Gasteiger partial charge in [0.25, 0.3) is 0 Å². The van der Waals surface area contributed by atoms with Gasteiger partial charge in [-0.3, -0.25) is 0 Å². The first-order valence-electron chi connectivity index (χ1n) is 15.9. The molecule has 0 atom stereocenters. The summed E-state index contributed by atoms with van der Waals surface area (Å²) in [5, 5.41) is 0.738. The molecule has 2 saturated heterocycles. The third-order valence-corrected chi connectivity index (χ3v) is 8.16. The summed E-state index contributed by atoms with van der Waals surface area (Å²) >= 11 is 5.89. The zero-order chi connectivity index (χ0) is 28.4. The van der Waals surface area contributed by atoms with Crippen molar-refractivity contribution in [2.24, 2.45) is 0 Å². The highest BCUT2D eigenvalue weighted by Crippen LogP contribution is 2.22. The van der Waals surface area contributed by atoms with Gasteiger partial charge in [0.2, 0.25) is 0 Å². The molecule has 2 aliphatic heterocycles. The number of rotatable bonds is 15. The Kier molecular flexibility index (Phi) is 14.4. The highest BCUT2D eigenvalue weighted by molar-refractivity contribution is 6.30. The number of nitrogens with zero attached hydrogens (tertiary/aromatic N) is 2. The van der Waals surface area contributed by atoms with Gasteiger partial charge in [-0.1, -0.05) is 60.1 Å². The van der Waals surface area contributed by atoms with E-state index in [-0.39, 0.29) is 0 Å². The lowest BCUT2D eigenvalue weighted by Crippen LogP contribution is -2.20. The molecule has 0 spiro atoms. The predicted molar refractivity (Wildman–Crippen MR) is 173 cm³/mol. The fraction of sp³-hybridized carbons (Fsp3) is 0.500.